The number of imidazole rings is 1. The molecule has 0 spiro atoms. The molecule has 0 fully saturated rings. The summed E-state index contributed by atoms with van der Waals surface area (Å²) >= 11 is 0. The number of aryl methyl sites for hydroxylation is 1. The van der Waals surface area contributed by atoms with Crippen molar-refractivity contribution >= 4 is 18.1 Å². The molecule has 32 heavy (non-hydrogen) atoms. The summed E-state index contributed by atoms with van der Waals surface area (Å²) in [6.45, 7) is 2.90. The van der Waals surface area contributed by atoms with Crippen LogP contribution >= 0.6 is 0 Å². The van der Waals surface area contributed by atoms with Gasteiger partial charge in [-0.15, -0.1) is 0 Å². The van der Waals surface area contributed by atoms with Gasteiger partial charge in [0.2, 0.25) is 0 Å². The molecule has 160 valence electrons. The number of carbonyl (C=O) groups is 1. The number of phenolic OH excluding ortho intramolecular Hbond substituents is 1. The second kappa shape index (κ2) is 9.35. The van der Waals surface area contributed by atoms with Crippen molar-refractivity contribution in [1.29, 1.82) is 0 Å². The number of benzene rings is 3. The Bertz CT molecular complexity index is 1240. The van der Waals surface area contributed by atoms with Crippen LogP contribution in [-0.4, -0.2) is 27.6 Å². The van der Waals surface area contributed by atoms with Gasteiger partial charge in [-0.25, -0.2) is 4.98 Å². The van der Waals surface area contributed by atoms with Crippen LogP contribution in [-0.2, 0) is 6.54 Å². The minimum atomic E-state index is -0.101. The molecular formula is C27H25N3O2. The molecular weight excluding hydrogens is 398 g/mol. The quantitative estimate of drug-likeness (QED) is 0.432. The van der Waals surface area contributed by atoms with Crippen molar-refractivity contribution in [2.45, 2.75) is 13.5 Å². The number of aromatic nitrogens is 2. The average molecular weight is 424 g/mol. The summed E-state index contributed by atoms with van der Waals surface area (Å²) in [6.07, 6.45) is 6.09. The van der Waals surface area contributed by atoms with E-state index >= 15 is 0 Å². The first-order valence-corrected chi connectivity index (χ1v) is 10.5. The summed E-state index contributed by atoms with van der Waals surface area (Å²) in [6, 6.07) is 22.9. The van der Waals surface area contributed by atoms with Crippen LogP contribution in [0.5, 0.6) is 5.75 Å². The second-order valence-electron chi connectivity index (χ2n) is 7.43. The number of carbonyl (C=O) groups excluding carboxylic acids is 1. The first-order valence-electron chi connectivity index (χ1n) is 10.5. The molecule has 1 heterocycles. The van der Waals surface area contributed by atoms with Gasteiger partial charge in [-0.2, -0.15) is 0 Å². The highest BCUT2D eigenvalue weighted by molar-refractivity contribution is 5.94. The predicted octanol–water partition coefficient (Wildman–Crippen LogP) is 5.47. The molecule has 0 bridgehead atoms. The average Bonchev–Trinajstić information content (AvgIpc) is 3.26. The molecule has 0 aliphatic heterocycles. The third-order valence-electron chi connectivity index (χ3n) is 5.35. The van der Waals surface area contributed by atoms with Crippen molar-refractivity contribution in [2.75, 3.05) is 7.05 Å². The lowest BCUT2D eigenvalue weighted by Gasteiger charge is -2.03. The lowest BCUT2D eigenvalue weighted by molar-refractivity contribution is 0.0963. The molecule has 4 rings (SSSR count). The summed E-state index contributed by atoms with van der Waals surface area (Å²) in [5.74, 6) is 1.04. The van der Waals surface area contributed by atoms with E-state index in [9.17, 15) is 9.90 Å². The minimum absolute atomic E-state index is 0.101. The maximum absolute atomic E-state index is 11.8. The van der Waals surface area contributed by atoms with Gasteiger partial charge in [0.15, 0.2) is 0 Å². The van der Waals surface area contributed by atoms with Gasteiger partial charge in [-0.1, -0.05) is 54.6 Å². The Morgan fingerprint density at radius 2 is 1.50 bits per heavy atom. The molecule has 0 aliphatic carbocycles. The van der Waals surface area contributed by atoms with Crippen LogP contribution in [0.25, 0.3) is 34.5 Å². The van der Waals surface area contributed by atoms with E-state index in [0.717, 1.165) is 40.3 Å². The summed E-state index contributed by atoms with van der Waals surface area (Å²) in [5.41, 5.74) is 5.71. The highest BCUT2D eigenvalue weighted by Crippen LogP contribution is 2.24. The van der Waals surface area contributed by atoms with E-state index in [2.05, 4.69) is 41.1 Å². The van der Waals surface area contributed by atoms with Gasteiger partial charge in [-0.3, -0.25) is 4.79 Å². The topological polar surface area (TPSA) is 67.2 Å². The first-order chi connectivity index (χ1) is 15.6. The largest absolute Gasteiger partial charge is 0.508 e. The van der Waals surface area contributed by atoms with Crippen LogP contribution < -0.4 is 5.32 Å². The molecule has 2 N–H and O–H groups in total. The Morgan fingerprint density at radius 3 is 2.09 bits per heavy atom. The molecule has 1 aromatic heterocycles. The molecule has 1 amide bonds. The molecule has 3 aromatic carbocycles. The number of nitrogens with zero attached hydrogens (tertiary/aromatic N) is 2. The summed E-state index contributed by atoms with van der Waals surface area (Å²) in [5, 5.41) is 12.1. The molecule has 0 aliphatic rings. The highest BCUT2D eigenvalue weighted by atomic mass is 16.3. The van der Waals surface area contributed by atoms with E-state index in [1.165, 1.54) is 0 Å². The molecule has 0 saturated carbocycles. The Hall–Kier alpha value is -4.12. The Labute approximate surface area is 187 Å². The van der Waals surface area contributed by atoms with Crippen molar-refractivity contribution in [1.82, 2.24) is 14.9 Å². The molecule has 4 aromatic rings. The van der Waals surface area contributed by atoms with E-state index < -0.39 is 0 Å². The zero-order valence-corrected chi connectivity index (χ0v) is 18.1. The van der Waals surface area contributed by atoms with E-state index in [4.69, 9.17) is 4.98 Å². The Kier molecular flexibility index (Phi) is 6.17. The van der Waals surface area contributed by atoms with Gasteiger partial charge < -0.3 is 15.0 Å². The fourth-order valence-corrected chi connectivity index (χ4v) is 3.50. The Balaban J connectivity index is 1.53. The third-order valence-corrected chi connectivity index (χ3v) is 5.35. The Morgan fingerprint density at radius 1 is 0.906 bits per heavy atom. The number of hydrogen-bond acceptors (Lipinski definition) is 3. The molecule has 0 atom stereocenters. The third kappa shape index (κ3) is 4.62. The van der Waals surface area contributed by atoms with E-state index in [0.29, 0.717) is 5.56 Å². The van der Waals surface area contributed by atoms with Crippen LogP contribution in [0, 0.1) is 0 Å². The predicted molar refractivity (Wildman–Crippen MR) is 129 cm³/mol. The van der Waals surface area contributed by atoms with E-state index in [-0.39, 0.29) is 11.7 Å². The number of hydrogen-bond donors (Lipinski definition) is 2. The van der Waals surface area contributed by atoms with Crippen LogP contribution in [0.15, 0.2) is 79.0 Å². The normalized spacial score (nSPS) is 11.1. The maximum Gasteiger partial charge on any atom is 0.251 e. The molecule has 0 radical (unpaired) electrons. The number of amides is 1. The lowest BCUT2D eigenvalue weighted by atomic mass is 10.0. The monoisotopic (exact) mass is 423 g/mol. The van der Waals surface area contributed by atoms with Crippen molar-refractivity contribution in [3.05, 3.63) is 95.9 Å². The number of rotatable bonds is 6. The first kappa shape index (κ1) is 21.1. The minimum Gasteiger partial charge on any atom is -0.508 e. The van der Waals surface area contributed by atoms with Crippen LogP contribution in [0.1, 0.15) is 28.7 Å². The maximum atomic E-state index is 11.8. The zero-order valence-electron chi connectivity index (χ0n) is 18.1. The van der Waals surface area contributed by atoms with Crippen molar-refractivity contribution in [3.8, 4) is 28.1 Å². The highest BCUT2D eigenvalue weighted by Gasteiger charge is 2.08. The van der Waals surface area contributed by atoms with Crippen molar-refractivity contribution in [2.24, 2.45) is 0 Å². The van der Waals surface area contributed by atoms with Gasteiger partial charge in [0.25, 0.3) is 5.91 Å². The number of nitrogens with one attached hydrogen (secondary N) is 1. The van der Waals surface area contributed by atoms with Gasteiger partial charge in [0.1, 0.15) is 11.6 Å². The summed E-state index contributed by atoms with van der Waals surface area (Å²) in [4.78, 5) is 16.5. The standard InChI is InChI=1S/C27H25N3O2/c1-3-30-18-25(22-9-11-23(12-10-22)27(32)28-2)29-26(30)17-6-19-4-7-20(8-5-19)21-13-15-24(31)16-14-21/h4-18,31H,3H2,1-2H3,(H,28,32)/b17-6+. The summed E-state index contributed by atoms with van der Waals surface area (Å²) < 4.78 is 2.10. The number of phenols is 1. The van der Waals surface area contributed by atoms with E-state index in [1.54, 1.807) is 19.2 Å². The second-order valence-corrected chi connectivity index (χ2v) is 7.43. The van der Waals surface area contributed by atoms with Gasteiger partial charge in [0.05, 0.1) is 5.69 Å². The van der Waals surface area contributed by atoms with Crippen LogP contribution in [0.4, 0.5) is 0 Å². The van der Waals surface area contributed by atoms with Crippen LogP contribution in [0.3, 0.4) is 0 Å². The SMILES string of the molecule is CCn1cc(-c2ccc(C(=O)NC)cc2)nc1/C=C/c1ccc(-c2ccc(O)cc2)cc1. The molecule has 5 heteroatoms. The van der Waals surface area contributed by atoms with Gasteiger partial charge in [-0.05, 0) is 54.0 Å². The van der Waals surface area contributed by atoms with Gasteiger partial charge in [0, 0.05) is 30.9 Å². The summed E-state index contributed by atoms with van der Waals surface area (Å²) in [7, 11) is 1.62. The zero-order chi connectivity index (χ0) is 22.5. The van der Waals surface area contributed by atoms with Crippen molar-refractivity contribution < 1.29 is 9.90 Å². The fourth-order valence-electron chi connectivity index (χ4n) is 3.50. The molecule has 0 unspecified atom stereocenters. The van der Waals surface area contributed by atoms with Crippen molar-refractivity contribution in [3.63, 3.8) is 0 Å². The lowest BCUT2D eigenvalue weighted by Crippen LogP contribution is -2.17. The smallest absolute Gasteiger partial charge is 0.251 e. The number of aromatic hydroxyl groups is 1. The van der Waals surface area contributed by atoms with E-state index in [1.807, 2.05) is 54.7 Å². The van der Waals surface area contributed by atoms with Gasteiger partial charge >= 0.3 is 0 Å². The van der Waals surface area contributed by atoms with Crippen LogP contribution in [0.2, 0.25) is 0 Å². The molecule has 5 nitrogen and oxygen atoms in total. The fraction of sp³-hybridized carbons (Fsp3) is 0.111. The molecule has 0 saturated heterocycles.